The standard InChI is InChI=1S/C21H22O5/c22-20(25-14-16-8-3-1-4-9-16)19(18-12-7-13-24-18)21(23)26-15-17-10-5-2-6-11-17/h1-6,8-11,18-19H,7,12-15H2. The zero-order valence-corrected chi connectivity index (χ0v) is 14.5. The van der Waals surface area contributed by atoms with Gasteiger partial charge in [-0.3, -0.25) is 9.59 Å². The fourth-order valence-electron chi connectivity index (χ4n) is 2.90. The Labute approximate surface area is 152 Å². The monoisotopic (exact) mass is 354 g/mol. The fraction of sp³-hybridized carbons (Fsp3) is 0.333. The van der Waals surface area contributed by atoms with E-state index >= 15 is 0 Å². The fourth-order valence-corrected chi connectivity index (χ4v) is 2.90. The van der Waals surface area contributed by atoms with Crippen molar-refractivity contribution in [1.82, 2.24) is 0 Å². The van der Waals surface area contributed by atoms with Crippen molar-refractivity contribution in [3.63, 3.8) is 0 Å². The maximum atomic E-state index is 12.6. The van der Waals surface area contributed by atoms with Gasteiger partial charge in [-0.1, -0.05) is 60.7 Å². The molecule has 0 amide bonds. The van der Waals surface area contributed by atoms with Crippen molar-refractivity contribution in [1.29, 1.82) is 0 Å². The predicted molar refractivity (Wildman–Crippen MR) is 94.9 cm³/mol. The molecule has 1 fully saturated rings. The normalized spacial score (nSPS) is 16.4. The van der Waals surface area contributed by atoms with Crippen LogP contribution >= 0.6 is 0 Å². The Morgan fingerprint density at radius 2 is 1.38 bits per heavy atom. The Balaban J connectivity index is 1.62. The molecule has 1 heterocycles. The maximum absolute atomic E-state index is 12.6. The van der Waals surface area contributed by atoms with Crippen LogP contribution in [-0.4, -0.2) is 24.6 Å². The van der Waals surface area contributed by atoms with Crippen LogP contribution in [0, 0.1) is 5.92 Å². The van der Waals surface area contributed by atoms with Crippen molar-refractivity contribution < 1.29 is 23.8 Å². The molecule has 136 valence electrons. The number of ether oxygens (including phenoxy) is 3. The average molecular weight is 354 g/mol. The van der Waals surface area contributed by atoms with Crippen LogP contribution in [0.3, 0.4) is 0 Å². The summed E-state index contributed by atoms with van der Waals surface area (Å²) in [6, 6.07) is 18.7. The van der Waals surface area contributed by atoms with Crippen molar-refractivity contribution in [3.8, 4) is 0 Å². The lowest BCUT2D eigenvalue weighted by molar-refractivity contribution is -0.169. The van der Waals surface area contributed by atoms with Crippen LogP contribution in [0.2, 0.25) is 0 Å². The summed E-state index contributed by atoms with van der Waals surface area (Å²) in [5.74, 6) is -2.25. The lowest BCUT2D eigenvalue weighted by atomic mass is 10.00. The van der Waals surface area contributed by atoms with E-state index in [0.717, 1.165) is 17.5 Å². The summed E-state index contributed by atoms with van der Waals surface area (Å²) in [7, 11) is 0. The van der Waals surface area contributed by atoms with Crippen LogP contribution < -0.4 is 0 Å². The van der Waals surface area contributed by atoms with Crippen molar-refractivity contribution in [2.75, 3.05) is 6.61 Å². The molecule has 5 heteroatoms. The first-order chi connectivity index (χ1) is 12.7. The maximum Gasteiger partial charge on any atom is 0.323 e. The number of carbonyl (C=O) groups is 2. The largest absolute Gasteiger partial charge is 0.460 e. The Morgan fingerprint density at radius 1 is 0.885 bits per heavy atom. The number of hydrogen-bond acceptors (Lipinski definition) is 5. The lowest BCUT2D eigenvalue weighted by Gasteiger charge is -2.20. The Kier molecular flexibility index (Phi) is 6.39. The molecule has 1 saturated heterocycles. The second-order valence-electron chi connectivity index (χ2n) is 6.22. The highest BCUT2D eigenvalue weighted by molar-refractivity contribution is 5.95. The predicted octanol–water partition coefficient (Wildman–Crippen LogP) is 3.27. The minimum Gasteiger partial charge on any atom is -0.460 e. The number of benzene rings is 2. The number of rotatable bonds is 7. The Morgan fingerprint density at radius 3 is 1.81 bits per heavy atom. The van der Waals surface area contributed by atoms with Gasteiger partial charge in [0.05, 0.1) is 6.10 Å². The van der Waals surface area contributed by atoms with Crippen molar-refractivity contribution in [2.24, 2.45) is 5.92 Å². The first kappa shape index (κ1) is 18.1. The molecule has 2 aromatic carbocycles. The van der Waals surface area contributed by atoms with Gasteiger partial charge in [-0.25, -0.2) is 0 Å². The molecule has 1 aliphatic rings. The summed E-state index contributed by atoms with van der Waals surface area (Å²) in [5.41, 5.74) is 1.73. The van der Waals surface area contributed by atoms with Gasteiger partial charge in [0.2, 0.25) is 0 Å². The van der Waals surface area contributed by atoms with E-state index in [-0.39, 0.29) is 13.2 Å². The molecule has 0 saturated carbocycles. The molecule has 26 heavy (non-hydrogen) atoms. The third-order valence-electron chi connectivity index (χ3n) is 4.29. The molecule has 1 atom stereocenters. The highest BCUT2D eigenvalue weighted by atomic mass is 16.6. The smallest absolute Gasteiger partial charge is 0.323 e. The first-order valence-corrected chi connectivity index (χ1v) is 8.77. The molecule has 0 spiro atoms. The van der Waals surface area contributed by atoms with Crippen LogP contribution in [0.5, 0.6) is 0 Å². The van der Waals surface area contributed by atoms with Gasteiger partial charge < -0.3 is 14.2 Å². The zero-order chi connectivity index (χ0) is 18.2. The molecule has 0 radical (unpaired) electrons. The van der Waals surface area contributed by atoms with E-state index in [9.17, 15) is 9.59 Å². The van der Waals surface area contributed by atoms with Crippen LogP contribution in [0.4, 0.5) is 0 Å². The molecule has 1 aliphatic heterocycles. The molecular formula is C21H22O5. The quantitative estimate of drug-likeness (QED) is 0.564. The summed E-state index contributed by atoms with van der Waals surface area (Å²) in [6.45, 7) is 0.781. The number of carbonyl (C=O) groups excluding carboxylic acids is 2. The van der Waals surface area contributed by atoms with Gasteiger partial charge >= 0.3 is 11.9 Å². The number of esters is 2. The second-order valence-corrected chi connectivity index (χ2v) is 6.22. The van der Waals surface area contributed by atoms with Crippen molar-refractivity contribution in [3.05, 3.63) is 71.8 Å². The van der Waals surface area contributed by atoms with Gasteiger partial charge in [-0.15, -0.1) is 0 Å². The highest BCUT2D eigenvalue weighted by Crippen LogP contribution is 2.24. The summed E-state index contributed by atoms with van der Waals surface area (Å²) in [4.78, 5) is 25.1. The van der Waals surface area contributed by atoms with Gasteiger partial charge in [0.15, 0.2) is 5.92 Å². The molecular weight excluding hydrogens is 332 g/mol. The van der Waals surface area contributed by atoms with Gasteiger partial charge in [0.25, 0.3) is 0 Å². The van der Waals surface area contributed by atoms with Gasteiger partial charge in [-0.2, -0.15) is 0 Å². The van der Waals surface area contributed by atoms with Gasteiger partial charge in [0, 0.05) is 6.61 Å². The lowest BCUT2D eigenvalue weighted by Crippen LogP contribution is -2.37. The van der Waals surface area contributed by atoms with Gasteiger partial charge in [0.1, 0.15) is 13.2 Å². The topological polar surface area (TPSA) is 61.8 Å². The molecule has 3 rings (SSSR count). The zero-order valence-electron chi connectivity index (χ0n) is 14.5. The second kappa shape index (κ2) is 9.15. The van der Waals surface area contributed by atoms with Crippen LogP contribution in [0.1, 0.15) is 24.0 Å². The van der Waals surface area contributed by atoms with Crippen molar-refractivity contribution in [2.45, 2.75) is 32.2 Å². The Bertz CT molecular complexity index is 652. The molecule has 2 aromatic rings. The van der Waals surface area contributed by atoms with E-state index in [1.165, 1.54) is 0 Å². The number of hydrogen-bond donors (Lipinski definition) is 0. The minimum atomic E-state index is -1.05. The molecule has 0 N–H and O–H groups in total. The highest BCUT2D eigenvalue weighted by Gasteiger charge is 2.40. The molecule has 0 aromatic heterocycles. The van der Waals surface area contributed by atoms with E-state index in [1.54, 1.807) is 0 Å². The third-order valence-corrected chi connectivity index (χ3v) is 4.29. The van der Waals surface area contributed by atoms with Crippen LogP contribution in [-0.2, 0) is 37.0 Å². The molecule has 1 unspecified atom stereocenters. The minimum absolute atomic E-state index is 0.120. The van der Waals surface area contributed by atoms with E-state index in [4.69, 9.17) is 14.2 Å². The summed E-state index contributed by atoms with van der Waals surface area (Å²) < 4.78 is 16.3. The molecule has 0 bridgehead atoms. The third kappa shape index (κ3) is 4.92. The average Bonchev–Trinajstić information content (AvgIpc) is 3.21. The summed E-state index contributed by atoms with van der Waals surface area (Å²) >= 11 is 0. The van der Waals surface area contributed by atoms with Crippen LogP contribution in [0.25, 0.3) is 0 Å². The van der Waals surface area contributed by atoms with Gasteiger partial charge in [-0.05, 0) is 24.0 Å². The summed E-state index contributed by atoms with van der Waals surface area (Å²) in [5, 5.41) is 0. The van der Waals surface area contributed by atoms with E-state index in [1.807, 2.05) is 60.7 Å². The van der Waals surface area contributed by atoms with Crippen LogP contribution in [0.15, 0.2) is 60.7 Å². The summed E-state index contributed by atoms with van der Waals surface area (Å²) in [6.07, 6.45) is 0.978. The first-order valence-electron chi connectivity index (χ1n) is 8.77. The SMILES string of the molecule is O=C(OCc1ccccc1)C(C(=O)OCc1ccccc1)C1CCCO1. The Hall–Kier alpha value is -2.66. The molecule has 5 nitrogen and oxygen atoms in total. The molecule has 0 aliphatic carbocycles. The van der Waals surface area contributed by atoms with E-state index in [0.29, 0.717) is 13.0 Å². The van der Waals surface area contributed by atoms with E-state index in [2.05, 4.69) is 0 Å². The van der Waals surface area contributed by atoms with Crippen molar-refractivity contribution >= 4 is 11.9 Å². The van der Waals surface area contributed by atoms with E-state index < -0.39 is 24.0 Å².